The van der Waals surface area contributed by atoms with Crippen LogP contribution in [-0.4, -0.2) is 15.6 Å². The van der Waals surface area contributed by atoms with Gasteiger partial charge < -0.3 is 0 Å². The summed E-state index contributed by atoms with van der Waals surface area (Å²) in [5, 5.41) is 4.78. The Morgan fingerprint density at radius 2 is 2.06 bits per heavy atom. The van der Waals surface area contributed by atoms with Crippen molar-refractivity contribution in [2.45, 2.75) is 20.4 Å². The molecular formula is C11H9Cl3N2OS. The van der Waals surface area contributed by atoms with E-state index < -0.39 is 0 Å². The molecule has 2 rings (SSSR count). The Morgan fingerprint density at radius 3 is 2.50 bits per heavy atom. The predicted octanol–water partition coefficient (Wildman–Crippen LogP) is 4.40. The van der Waals surface area contributed by atoms with Gasteiger partial charge in [-0.15, -0.1) is 11.3 Å². The number of rotatable bonds is 3. The van der Waals surface area contributed by atoms with Gasteiger partial charge in [-0.25, -0.2) is 0 Å². The van der Waals surface area contributed by atoms with Gasteiger partial charge in [-0.2, -0.15) is 5.10 Å². The summed E-state index contributed by atoms with van der Waals surface area (Å²) >= 11 is 19.0. The first-order chi connectivity index (χ1) is 8.40. The Balaban J connectivity index is 2.27. The molecule has 0 spiro atoms. The molecule has 2 heterocycles. The van der Waals surface area contributed by atoms with Crippen molar-refractivity contribution in [3.05, 3.63) is 36.7 Å². The van der Waals surface area contributed by atoms with E-state index in [1.807, 2.05) is 6.92 Å². The van der Waals surface area contributed by atoms with Crippen molar-refractivity contribution in [3.63, 3.8) is 0 Å². The van der Waals surface area contributed by atoms with Crippen LogP contribution in [0.2, 0.25) is 13.7 Å². The second-order valence-electron chi connectivity index (χ2n) is 3.80. The fraction of sp³-hybridized carbons (Fsp3) is 0.273. The number of thiophene rings is 1. The Labute approximate surface area is 123 Å². The third-order valence-electron chi connectivity index (χ3n) is 2.54. The molecule has 0 saturated heterocycles. The van der Waals surface area contributed by atoms with Gasteiger partial charge >= 0.3 is 0 Å². The highest BCUT2D eigenvalue weighted by molar-refractivity contribution is 7.20. The molecule has 0 fully saturated rings. The number of hydrogen-bond acceptors (Lipinski definition) is 3. The molecule has 2 aromatic heterocycles. The molecule has 0 N–H and O–H groups in total. The van der Waals surface area contributed by atoms with Gasteiger partial charge in [-0.1, -0.05) is 34.8 Å². The minimum absolute atomic E-state index is 0.103. The van der Waals surface area contributed by atoms with E-state index in [9.17, 15) is 4.79 Å². The van der Waals surface area contributed by atoms with Gasteiger partial charge in [0.1, 0.15) is 10.9 Å². The van der Waals surface area contributed by atoms with E-state index in [0.29, 0.717) is 25.0 Å². The lowest BCUT2D eigenvalue weighted by molar-refractivity contribution is 0.0967. The highest BCUT2D eigenvalue weighted by Gasteiger charge is 2.17. The summed E-state index contributed by atoms with van der Waals surface area (Å²) in [7, 11) is 0. The molecule has 0 amide bonds. The minimum Gasteiger partial charge on any atom is -0.292 e. The van der Waals surface area contributed by atoms with Crippen molar-refractivity contribution in [1.29, 1.82) is 0 Å². The van der Waals surface area contributed by atoms with Gasteiger partial charge in [0.15, 0.2) is 5.78 Å². The van der Waals surface area contributed by atoms with Crippen LogP contribution in [0.25, 0.3) is 0 Å². The van der Waals surface area contributed by atoms with Crippen LogP contribution in [0.4, 0.5) is 0 Å². The molecule has 96 valence electrons. The summed E-state index contributed by atoms with van der Waals surface area (Å²) < 4.78 is 2.47. The maximum absolute atomic E-state index is 12.1. The molecule has 0 saturated carbocycles. The number of halogens is 3. The van der Waals surface area contributed by atoms with Crippen LogP contribution in [0.1, 0.15) is 21.7 Å². The van der Waals surface area contributed by atoms with E-state index in [0.717, 1.165) is 5.69 Å². The summed E-state index contributed by atoms with van der Waals surface area (Å²) in [4.78, 5) is 12.1. The molecule has 0 aliphatic rings. The molecule has 0 atom stereocenters. The number of aromatic nitrogens is 2. The first-order valence-electron chi connectivity index (χ1n) is 5.07. The molecule has 0 radical (unpaired) electrons. The normalized spacial score (nSPS) is 10.9. The molecule has 0 bridgehead atoms. The van der Waals surface area contributed by atoms with Gasteiger partial charge in [-0.3, -0.25) is 9.48 Å². The summed E-state index contributed by atoms with van der Waals surface area (Å²) in [5.41, 5.74) is 1.90. The Kier molecular flexibility index (Phi) is 4.02. The van der Waals surface area contributed by atoms with Crippen LogP contribution in [0, 0.1) is 13.8 Å². The van der Waals surface area contributed by atoms with Crippen molar-refractivity contribution in [3.8, 4) is 0 Å². The number of Topliss-reactive ketones (excluding diaryl/α,β-unsaturated/α-hetero) is 1. The first kappa shape index (κ1) is 13.9. The monoisotopic (exact) mass is 322 g/mol. The predicted molar refractivity (Wildman–Crippen MR) is 75.4 cm³/mol. The molecule has 2 aromatic rings. The van der Waals surface area contributed by atoms with Crippen molar-refractivity contribution in [2.24, 2.45) is 0 Å². The maximum atomic E-state index is 12.1. The van der Waals surface area contributed by atoms with E-state index >= 15 is 0 Å². The van der Waals surface area contributed by atoms with Gasteiger partial charge in [0.25, 0.3) is 0 Å². The third-order valence-corrected chi connectivity index (χ3v) is 4.58. The lowest BCUT2D eigenvalue weighted by Crippen LogP contribution is -2.12. The Morgan fingerprint density at radius 1 is 1.39 bits per heavy atom. The van der Waals surface area contributed by atoms with Crippen LogP contribution in [-0.2, 0) is 6.54 Å². The van der Waals surface area contributed by atoms with E-state index in [-0.39, 0.29) is 12.3 Å². The van der Waals surface area contributed by atoms with Crippen molar-refractivity contribution >= 4 is 51.9 Å². The van der Waals surface area contributed by atoms with Crippen LogP contribution >= 0.6 is 46.1 Å². The topological polar surface area (TPSA) is 34.9 Å². The number of ketones is 1. The third kappa shape index (κ3) is 2.57. The molecule has 18 heavy (non-hydrogen) atoms. The van der Waals surface area contributed by atoms with E-state index in [4.69, 9.17) is 34.8 Å². The highest BCUT2D eigenvalue weighted by Crippen LogP contribution is 2.31. The van der Waals surface area contributed by atoms with Crippen LogP contribution in [0.15, 0.2) is 6.07 Å². The van der Waals surface area contributed by atoms with Crippen LogP contribution in [0.3, 0.4) is 0 Å². The molecule has 3 nitrogen and oxygen atoms in total. The Bertz CT molecular complexity index is 618. The molecule has 0 unspecified atom stereocenters. The lowest BCUT2D eigenvalue weighted by Gasteiger charge is -2.02. The van der Waals surface area contributed by atoms with Gasteiger partial charge in [0, 0.05) is 0 Å². The molecule has 0 aromatic carbocycles. The summed E-state index contributed by atoms with van der Waals surface area (Å²) in [6, 6.07) is 1.57. The summed E-state index contributed by atoms with van der Waals surface area (Å²) in [5.74, 6) is -0.134. The minimum atomic E-state index is -0.134. The number of nitrogens with zero attached hydrogens (tertiary/aromatic N) is 2. The van der Waals surface area contributed by atoms with Gasteiger partial charge in [0.05, 0.1) is 26.3 Å². The van der Waals surface area contributed by atoms with Crippen LogP contribution < -0.4 is 0 Å². The van der Waals surface area contributed by atoms with Crippen molar-refractivity contribution in [1.82, 2.24) is 9.78 Å². The summed E-state index contributed by atoms with van der Waals surface area (Å²) in [6.07, 6.45) is 0. The largest absolute Gasteiger partial charge is 0.292 e. The zero-order valence-corrected chi connectivity index (χ0v) is 12.7. The first-order valence-corrected chi connectivity index (χ1v) is 7.02. The molecule has 7 heteroatoms. The highest BCUT2D eigenvalue weighted by atomic mass is 35.5. The van der Waals surface area contributed by atoms with E-state index in [1.54, 1.807) is 17.7 Å². The number of carbonyl (C=O) groups is 1. The second kappa shape index (κ2) is 5.21. The maximum Gasteiger partial charge on any atom is 0.186 e. The zero-order valence-electron chi connectivity index (χ0n) is 9.63. The van der Waals surface area contributed by atoms with Gasteiger partial charge in [-0.05, 0) is 19.9 Å². The SMILES string of the molecule is Cc1nn(CC(=O)c2cc(Cl)sc2Cl)c(C)c1Cl. The zero-order chi connectivity index (χ0) is 13.4. The average Bonchev–Trinajstić information content (AvgIpc) is 2.75. The molecule has 0 aliphatic heterocycles. The van der Waals surface area contributed by atoms with E-state index in [2.05, 4.69) is 5.10 Å². The fourth-order valence-corrected chi connectivity index (χ4v) is 3.21. The number of carbonyl (C=O) groups excluding carboxylic acids is 1. The molecule has 0 aliphatic carbocycles. The fourth-order valence-electron chi connectivity index (χ4n) is 1.58. The quantitative estimate of drug-likeness (QED) is 0.784. The Hall–Kier alpha value is -0.550. The second-order valence-corrected chi connectivity index (χ2v) is 6.47. The lowest BCUT2D eigenvalue weighted by atomic mass is 10.2. The van der Waals surface area contributed by atoms with E-state index in [1.165, 1.54) is 11.3 Å². The number of hydrogen-bond donors (Lipinski definition) is 0. The van der Waals surface area contributed by atoms with Crippen molar-refractivity contribution in [2.75, 3.05) is 0 Å². The van der Waals surface area contributed by atoms with Crippen molar-refractivity contribution < 1.29 is 4.79 Å². The number of aryl methyl sites for hydroxylation is 1. The molecular weight excluding hydrogens is 315 g/mol. The van der Waals surface area contributed by atoms with Crippen LogP contribution in [0.5, 0.6) is 0 Å². The van der Waals surface area contributed by atoms with Gasteiger partial charge in [0.2, 0.25) is 0 Å². The standard InChI is InChI=1S/C11H9Cl3N2OS/c1-5-10(13)6(2)16(15-5)4-8(17)7-3-9(12)18-11(7)14/h3H,4H2,1-2H3. The smallest absolute Gasteiger partial charge is 0.186 e. The summed E-state index contributed by atoms with van der Waals surface area (Å²) in [6.45, 7) is 3.72. The average molecular weight is 324 g/mol.